The first-order valence-electron chi connectivity index (χ1n) is 14.3. The summed E-state index contributed by atoms with van der Waals surface area (Å²) in [5.74, 6) is 1.21. The molecule has 0 aromatic heterocycles. The van der Waals surface area contributed by atoms with Crippen LogP contribution in [0.15, 0.2) is 0 Å². The van der Waals surface area contributed by atoms with Crippen LogP contribution in [0.3, 0.4) is 0 Å². The van der Waals surface area contributed by atoms with Crippen LogP contribution in [0, 0.1) is 11.8 Å². The highest BCUT2D eigenvalue weighted by Gasteiger charge is 2.46. The molecule has 0 radical (unpaired) electrons. The summed E-state index contributed by atoms with van der Waals surface area (Å²) in [5.41, 5.74) is 0. The molecule has 0 amide bonds. The van der Waals surface area contributed by atoms with Crippen LogP contribution in [0.4, 0.5) is 0 Å². The maximum atomic E-state index is 9.16. The van der Waals surface area contributed by atoms with Crippen LogP contribution >= 0.6 is 0 Å². The first-order valence-corrected chi connectivity index (χ1v) is 14.3. The van der Waals surface area contributed by atoms with Crippen molar-refractivity contribution in [3.8, 4) is 0 Å². The zero-order valence-corrected chi connectivity index (χ0v) is 24.3. The molecule has 5 saturated heterocycles. The van der Waals surface area contributed by atoms with Gasteiger partial charge in [-0.2, -0.15) is 0 Å². The summed E-state index contributed by atoms with van der Waals surface area (Å²) >= 11 is 0. The molecule has 0 aliphatic carbocycles. The van der Waals surface area contributed by atoms with Crippen molar-refractivity contribution < 1.29 is 85.0 Å². The highest BCUT2D eigenvalue weighted by molar-refractivity contribution is 4.94. The lowest BCUT2D eigenvalue weighted by molar-refractivity contribution is -0.123. The first-order chi connectivity index (χ1) is 20.3. The van der Waals surface area contributed by atoms with Crippen molar-refractivity contribution in [2.24, 2.45) is 11.8 Å². The Morgan fingerprint density at radius 3 is 1.21 bits per heavy atom. The van der Waals surface area contributed by atoms with Crippen molar-refractivity contribution >= 4 is 0 Å². The quantitative estimate of drug-likeness (QED) is 0.124. The average Bonchev–Trinajstić information content (AvgIpc) is 3.82. The number of fused-ring (bicyclic) bond motifs is 2. The minimum Gasteiger partial charge on any atom is -0.394 e. The highest BCUT2D eigenvalue weighted by Crippen LogP contribution is 2.33. The summed E-state index contributed by atoms with van der Waals surface area (Å²) in [7, 11) is 0. The maximum absolute atomic E-state index is 9.16. The Kier molecular flexibility index (Phi) is 16.5. The van der Waals surface area contributed by atoms with Crippen LogP contribution in [0.5, 0.6) is 0 Å². The monoisotopic (exact) mass is 634 g/mol. The summed E-state index contributed by atoms with van der Waals surface area (Å²) in [6.07, 6.45) is -11.3. The molecule has 256 valence electrons. The van der Waals surface area contributed by atoms with E-state index >= 15 is 0 Å². The lowest BCUT2D eigenvalue weighted by Gasteiger charge is -2.24. The molecule has 17 nitrogen and oxygen atoms in total. The van der Waals surface area contributed by atoms with Gasteiger partial charge in [0.15, 0.2) is 0 Å². The van der Waals surface area contributed by atoms with Crippen LogP contribution in [0.2, 0.25) is 0 Å². The van der Waals surface area contributed by atoms with E-state index in [0.29, 0.717) is 24.0 Å². The van der Waals surface area contributed by atoms with Crippen molar-refractivity contribution in [1.29, 1.82) is 0 Å². The number of aliphatic hydroxyl groups excluding tert-OH is 12. The minimum absolute atomic E-state index is 0.00287. The van der Waals surface area contributed by atoms with Gasteiger partial charge in [-0.05, 0) is 0 Å². The van der Waals surface area contributed by atoms with Gasteiger partial charge in [-0.15, -0.1) is 0 Å². The number of rotatable bonds is 7. The summed E-state index contributed by atoms with van der Waals surface area (Å²) in [5, 5.41) is 106. The van der Waals surface area contributed by atoms with Gasteiger partial charge in [0, 0.05) is 11.8 Å². The summed E-state index contributed by atoms with van der Waals surface area (Å²) < 4.78 is 26.1. The van der Waals surface area contributed by atoms with Gasteiger partial charge in [-0.1, -0.05) is 13.8 Å². The topological polar surface area (TPSA) is 289 Å². The highest BCUT2D eigenvalue weighted by atomic mass is 16.6. The molecule has 0 bridgehead atoms. The molecule has 43 heavy (non-hydrogen) atoms. The van der Waals surface area contributed by atoms with E-state index in [9.17, 15) is 0 Å². The lowest BCUT2D eigenvalue weighted by atomic mass is 9.99. The van der Waals surface area contributed by atoms with Gasteiger partial charge in [-0.3, -0.25) is 0 Å². The Hall–Kier alpha value is -0.680. The van der Waals surface area contributed by atoms with Crippen molar-refractivity contribution in [3.63, 3.8) is 0 Å². The van der Waals surface area contributed by atoms with Gasteiger partial charge in [0.1, 0.15) is 73.2 Å². The number of hydrogen-bond acceptors (Lipinski definition) is 17. The Morgan fingerprint density at radius 1 is 0.512 bits per heavy atom. The van der Waals surface area contributed by atoms with Crippen LogP contribution < -0.4 is 0 Å². The zero-order chi connectivity index (χ0) is 32.4. The molecule has 5 rings (SSSR count). The molecule has 0 spiro atoms. The van der Waals surface area contributed by atoms with E-state index in [0.717, 1.165) is 13.2 Å². The second-order valence-electron chi connectivity index (χ2n) is 11.4. The standard InChI is InChI=1S/C8H14O2.C6H14O6.C6H12O5.C6H10O4/c1-5-3-9-8-6(2)4-10-7(5)8;7-1-3(9)5(11)6(12)4(10)2-8;7-1-3(8)6-5(10)4(9)2-11-6;7-3-1-9-6-4(8)2-10-5(3)6/h5-8H,3-4H2,1-2H3;3-12H,1-2H2;3-10H,1-2H2;3-8H,1-2H2/t5-,6?,7?,8?;3-,4+,5-,6-;3?,4-,5-,6-;3-,4?,5?,6?/m0000/s1. The molecule has 0 aromatic rings. The largest absolute Gasteiger partial charge is 0.394 e. The summed E-state index contributed by atoms with van der Waals surface area (Å²) in [6.45, 7) is 4.81. The molecule has 16 atom stereocenters. The van der Waals surface area contributed by atoms with E-state index < -0.39 is 80.9 Å². The normalized spacial score (nSPS) is 41.3. The van der Waals surface area contributed by atoms with Crippen molar-refractivity contribution in [1.82, 2.24) is 0 Å². The van der Waals surface area contributed by atoms with Gasteiger partial charge < -0.3 is 85.0 Å². The minimum atomic E-state index is -1.67. The van der Waals surface area contributed by atoms with E-state index in [1.54, 1.807) is 0 Å². The summed E-state index contributed by atoms with van der Waals surface area (Å²) in [6, 6.07) is 0. The van der Waals surface area contributed by atoms with Crippen LogP contribution in [-0.4, -0.2) is 200 Å². The van der Waals surface area contributed by atoms with Crippen molar-refractivity contribution in [2.45, 2.75) is 99.3 Å². The van der Waals surface area contributed by atoms with Gasteiger partial charge >= 0.3 is 0 Å². The SMILES string of the molecule is CC1COC2C1OC[C@@H]2C.OC1COC2C1OC[C@@H]2O.OCC(O)[C@@H]1OC[C@H](O)[C@@H]1O.OC[C@@H](O)[C@H](O)[C@@H](O)[C@@H](O)CO. The Balaban J connectivity index is 0.000000200. The van der Waals surface area contributed by atoms with Gasteiger partial charge in [0.05, 0.1) is 65.1 Å². The molecular weight excluding hydrogens is 584 g/mol. The zero-order valence-electron chi connectivity index (χ0n) is 24.3. The molecule has 5 aliphatic heterocycles. The second kappa shape index (κ2) is 18.5. The Labute approximate surface area is 249 Å². The van der Waals surface area contributed by atoms with Gasteiger partial charge in [0.2, 0.25) is 0 Å². The van der Waals surface area contributed by atoms with Gasteiger partial charge in [0.25, 0.3) is 0 Å². The van der Waals surface area contributed by atoms with Crippen molar-refractivity contribution in [3.05, 3.63) is 0 Å². The third-order valence-corrected chi connectivity index (χ3v) is 7.82. The third-order valence-electron chi connectivity index (χ3n) is 7.82. The molecule has 5 aliphatic rings. The lowest BCUT2D eigenvalue weighted by Crippen LogP contribution is -2.46. The van der Waals surface area contributed by atoms with E-state index in [4.69, 9.17) is 85.0 Å². The average molecular weight is 635 g/mol. The fourth-order valence-corrected chi connectivity index (χ4v) is 5.08. The fraction of sp³-hybridized carbons (Fsp3) is 1.00. The molecule has 5 heterocycles. The van der Waals surface area contributed by atoms with Crippen LogP contribution in [-0.2, 0) is 23.7 Å². The molecule has 17 heteroatoms. The van der Waals surface area contributed by atoms with E-state index in [2.05, 4.69) is 13.8 Å². The fourth-order valence-electron chi connectivity index (χ4n) is 5.08. The molecule has 5 fully saturated rings. The molecule has 7 unspecified atom stereocenters. The Morgan fingerprint density at radius 2 is 0.884 bits per heavy atom. The predicted octanol–water partition coefficient (Wildman–Crippen LogP) is -6.56. The number of ether oxygens (including phenoxy) is 5. The molecule has 0 aromatic carbocycles. The third kappa shape index (κ3) is 10.4. The smallest absolute Gasteiger partial charge is 0.114 e. The number of aliphatic hydroxyl groups is 12. The maximum Gasteiger partial charge on any atom is 0.114 e. The molecular formula is C26H50O17. The van der Waals surface area contributed by atoms with E-state index in [1.165, 1.54) is 0 Å². The number of hydrogen-bond donors (Lipinski definition) is 12. The summed E-state index contributed by atoms with van der Waals surface area (Å²) in [4.78, 5) is 0. The first kappa shape index (κ1) is 38.5. The van der Waals surface area contributed by atoms with Crippen LogP contribution in [0.1, 0.15) is 13.8 Å². The Bertz CT molecular complexity index is 687. The second-order valence-corrected chi connectivity index (χ2v) is 11.4. The molecule has 0 saturated carbocycles. The van der Waals surface area contributed by atoms with E-state index in [-0.39, 0.29) is 32.0 Å². The van der Waals surface area contributed by atoms with Crippen molar-refractivity contribution in [2.75, 3.05) is 52.9 Å². The predicted molar refractivity (Wildman–Crippen MR) is 142 cm³/mol. The van der Waals surface area contributed by atoms with Gasteiger partial charge in [-0.25, -0.2) is 0 Å². The van der Waals surface area contributed by atoms with Crippen LogP contribution in [0.25, 0.3) is 0 Å². The molecule has 12 N–H and O–H groups in total. The van der Waals surface area contributed by atoms with E-state index in [1.807, 2.05) is 0 Å².